The highest BCUT2D eigenvalue weighted by atomic mass is 15.0. The molecule has 0 saturated heterocycles. The topological polar surface area (TPSA) is 14.8 Å². The first-order valence-electron chi connectivity index (χ1n) is 28.4. The Labute approximate surface area is 331 Å². The maximum absolute atomic E-state index is 9.77. The van der Waals surface area contributed by atoms with Gasteiger partial charge in [-0.3, -0.25) is 0 Å². The quantitative estimate of drug-likeness (QED) is 0.176. The molecule has 0 N–H and O–H groups in total. The Morgan fingerprint density at radius 3 is 1.47 bits per heavy atom. The zero-order valence-corrected chi connectivity index (χ0v) is 25.7. The Kier molecular flexibility index (Phi) is 2.72. The molecule has 0 radical (unpaired) electrons. The molecule has 0 atom stereocenters. The van der Waals surface area contributed by atoms with Gasteiger partial charge in [0.15, 0.2) is 0 Å². The van der Waals surface area contributed by atoms with Crippen LogP contribution in [0, 0.1) is 0 Å². The summed E-state index contributed by atoms with van der Waals surface area (Å²) in [5, 5.41) is -2.19. The van der Waals surface area contributed by atoms with Crippen molar-refractivity contribution in [2.24, 2.45) is 0 Å². The molecule has 8 aromatic carbocycles. The standard InChI is InChI=1S/C48H31N3/c1-2-13-32(14-3-1)33-25-27-34(28-26-33)49-41-19-8-6-17-38(41)40-31-35(29-30-45(40)49)50-44-22-11-7-18-39(44)48-46(50)23-12-24-47(48)51-42-20-9-4-15-36(42)37-16-5-10-21-43(37)51/h1-31H/i1D,2D,3D,4D,5D,6D,7D,8D,9D,10D,11D,12D,13D,14D,15D,16D,17D,18D,19D,20D,21D,22D,23D,24D,29D,30D. The van der Waals surface area contributed by atoms with Gasteiger partial charge >= 0.3 is 0 Å². The summed E-state index contributed by atoms with van der Waals surface area (Å²) in [5.74, 6) is 0. The minimum absolute atomic E-state index is 0.111. The number of rotatable bonds is 4. The molecule has 0 aliphatic carbocycles. The third-order valence-electron chi connectivity index (χ3n) is 8.84. The van der Waals surface area contributed by atoms with Crippen molar-refractivity contribution in [3.05, 3.63) is 187 Å². The highest BCUT2D eigenvalue weighted by molar-refractivity contribution is 6.17. The summed E-state index contributed by atoms with van der Waals surface area (Å²) in [4.78, 5) is 0. The van der Waals surface area contributed by atoms with Crippen LogP contribution >= 0.6 is 0 Å². The number of nitrogens with zero attached hydrogens (tertiary/aromatic N) is 3. The summed E-state index contributed by atoms with van der Waals surface area (Å²) in [7, 11) is 0. The molecule has 3 heterocycles. The van der Waals surface area contributed by atoms with E-state index in [9.17, 15) is 15.1 Å². The third-order valence-corrected chi connectivity index (χ3v) is 8.84. The highest BCUT2D eigenvalue weighted by Crippen LogP contribution is 2.41. The maximum Gasteiger partial charge on any atom is 0.0646 e. The molecule has 0 fully saturated rings. The van der Waals surface area contributed by atoms with E-state index < -0.39 is 212 Å². The summed E-state index contributed by atoms with van der Waals surface area (Å²) in [6.07, 6.45) is 0. The van der Waals surface area contributed by atoms with Crippen LogP contribution in [0.15, 0.2) is 187 Å². The van der Waals surface area contributed by atoms with E-state index in [4.69, 9.17) is 20.6 Å². The normalized spacial score (nSPS) is 19.1. The molecule has 0 aliphatic heterocycles. The van der Waals surface area contributed by atoms with Crippen LogP contribution in [0.2, 0.25) is 0 Å². The first-order chi connectivity index (χ1) is 36.1. The molecule has 0 spiro atoms. The summed E-state index contributed by atoms with van der Waals surface area (Å²) in [6.45, 7) is 0. The zero-order valence-electron chi connectivity index (χ0n) is 51.7. The lowest BCUT2D eigenvalue weighted by atomic mass is 10.1. The van der Waals surface area contributed by atoms with Crippen LogP contribution in [-0.4, -0.2) is 13.7 Å². The summed E-state index contributed by atoms with van der Waals surface area (Å²) < 4.78 is 236. The van der Waals surface area contributed by atoms with Crippen molar-refractivity contribution >= 4 is 65.4 Å². The minimum Gasteiger partial charge on any atom is -0.309 e. The largest absolute Gasteiger partial charge is 0.309 e. The number of hydrogen-bond acceptors (Lipinski definition) is 0. The van der Waals surface area contributed by atoms with Gasteiger partial charge in [0.25, 0.3) is 0 Å². The van der Waals surface area contributed by atoms with E-state index in [0.717, 1.165) is 9.13 Å². The molecule has 11 aromatic rings. The van der Waals surface area contributed by atoms with E-state index in [0.29, 0.717) is 0 Å². The molecule has 3 heteroatoms. The first kappa shape index (κ1) is 12.8. The van der Waals surface area contributed by atoms with Gasteiger partial charge in [-0.2, -0.15) is 0 Å². The van der Waals surface area contributed by atoms with Gasteiger partial charge in [-0.25, -0.2) is 0 Å². The Hall–Kier alpha value is -6.84. The van der Waals surface area contributed by atoms with Gasteiger partial charge in [-0.15, -0.1) is 0 Å². The highest BCUT2D eigenvalue weighted by Gasteiger charge is 2.20. The lowest BCUT2D eigenvalue weighted by Gasteiger charge is -2.12. The fourth-order valence-corrected chi connectivity index (χ4v) is 6.74. The van der Waals surface area contributed by atoms with Crippen LogP contribution in [0.4, 0.5) is 0 Å². The van der Waals surface area contributed by atoms with E-state index in [-0.39, 0.29) is 38.6 Å². The second-order valence-corrected chi connectivity index (χ2v) is 11.4. The van der Waals surface area contributed by atoms with Crippen LogP contribution in [0.3, 0.4) is 0 Å². The molecule has 0 amide bonds. The van der Waals surface area contributed by atoms with Crippen molar-refractivity contribution in [2.75, 3.05) is 0 Å². The van der Waals surface area contributed by atoms with Crippen molar-refractivity contribution in [2.45, 2.75) is 0 Å². The minimum atomic E-state index is -0.931. The van der Waals surface area contributed by atoms with E-state index in [1.165, 1.54) is 34.9 Å². The van der Waals surface area contributed by atoms with Crippen LogP contribution < -0.4 is 0 Å². The van der Waals surface area contributed by atoms with Gasteiger partial charge in [0.05, 0.1) is 74.4 Å². The first-order valence-corrected chi connectivity index (χ1v) is 15.4. The summed E-state index contributed by atoms with van der Waals surface area (Å²) in [6, 6.07) is -12.5. The maximum atomic E-state index is 9.77. The molecule has 3 aromatic heterocycles. The van der Waals surface area contributed by atoms with Crippen molar-refractivity contribution in [1.29, 1.82) is 0 Å². The number of para-hydroxylation sites is 4. The smallest absolute Gasteiger partial charge is 0.0646 e. The lowest BCUT2D eigenvalue weighted by Crippen LogP contribution is -1.97. The molecule has 0 unspecified atom stereocenters. The number of hydrogen-bond donors (Lipinski definition) is 0. The zero-order chi connectivity index (χ0) is 56.1. The monoisotopic (exact) mass is 675 g/mol. The molecule has 11 rings (SSSR count). The van der Waals surface area contributed by atoms with E-state index in [1.807, 2.05) is 0 Å². The summed E-state index contributed by atoms with van der Waals surface area (Å²) >= 11 is 0. The summed E-state index contributed by atoms with van der Waals surface area (Å²) in [5.41, 5.74) is -3.47. The Morgan fingerprint density at radius 2 is 0.804 bits per heavy atom. The molecule has 3 nitrogen and oxygen atoms in total. The van der Waals surface area contributed by atoms with Gasteiger partial charge in [-0.05, 0) is 77.7 Å². The van der Waals surface area contributed by atoms with Crippen LogP contribution in [0.5, 0.6) is 0 Å². The lowest BCUT2D eigenvalue weighted by molar-refractivity contribution is 1.16. The fourth-order valence-electron chi connectivity index (χ4n) is 6.74. The molecule has 0 aliphatic rings. The number of benzene rings is 8. The van der Waals surface area contributed by atoms with E-state index in [2.05, 4.69) is 0 Å². The third kappa shape index (κ3) is 4.06. The van der Waals surface area contributed by atoms with Gasteiger partial charge < -0.3 is 13.7 Å². The molecule has 51 heavy (non-hydrogen) atoms. The van der Waals surface area contributed by atoms with E-state index >= 15 is 0 Å². The molecule has 0 saturated carbocycles. The Bertz CT molecular complexity index is 4520. The van der Waals surface area contributed by atoms with Crippen molar-refractivity contribution in [3.8, 4) is 28.2 Å². The van der Waals surface area contributed by atoms with Gasteiger partial charge in [-0.1, -0.05) is 121 Å². The molecular formula is C48H31N3. The number of aromatic nitrogens is 3. The van der Waals surface area contributed by atoms with Crippen molar-refractivity contribution < 1.29 is 35.6 Å². The van der Waals surface area contributed by atoms with Crippen molar-refractivity contribution in [3.63, 3.8) is 0 Å². The number of fused-ring (bicyclic) bond motifs is 9. The average molecular weight is 676 g/mol. The Balaban J connectivity index is 1.34. The molecule has 238 valence electrons. The average Bonchev–Trinajstić information content (AvgIpc) is 4.18. The SMILES string of the molecule is [2H]c1c([2H])c([2H])c(-c2ccc(-n3c4c([2H])c([2H])c(-n5c6c([2H])c([2H])c([2H])c([2H])c6c6c(-n7c8c([2H])c([2H])c([2H])c([2H])c8c8c([2H])c([2H])c([2H])c([2H])c87)c([2H])c([2H])c([2H])c65)cc4c4c([2H])c([2H])c([2H])c([2H])c43)cc2)c([2H])c1[2H]. The second-order valence-electron chi connectivity index (χ2n) is 11.4. The second kappa shape index (κ2) is 10.8. The predicted octanol–water partition coefficient (Wildman–Crippen LogP) is 12.6. The molecular weight excluding hydrogens is 619 g/mol. The Morgan fingerprint density at radius 1 is 0.314 bits per heavy atom. The van der Waals surface area contributed by atoms with Crippen molar-refractivity contribution in [1.82, 2.24) is 13.7 Å². The van der Waals surface area contributed by atoms with Crippen LogP contribution in [0.1, 0.15) is 35.6 Å². The van der Waals surface area contributed by atoms with Crippen LogP contribution in [-0.2, 0) is 0 Å². The fraction of sp³-hybridized carbons (Fsp3) is 0. The molecule has 0 bridgehead atoms. The van der Waals surface area contributed by atoms with E-state index in [1.54, 1.807) is 0 Å². The van der Waals surface area contributed by atoms with Gasteiger partial charge in [0.1, 0.15) is 0 Å². The van der Waals surface area contributed by atoms with Crippen LogP contribution in [0.25, 0.3) is 93.6 Å². The van der Waals surface area contributed by atoms with Gasteiger partial charge in [0.2, 0.25) is 0 Å². The predicted molar refractivity (Wildman–Crippen MR) is 215 cm³/mol. The van der Waals surface area contributed by atoms with Gasteiger partial charge in [0, 0.05) is 43.7 Å².